The van der Waals surface area contributed by atoms with Crippen LogP contribution in [0.4, 0.5) is 5.82 Å². The summed E-state index contributed by atoms with van der Waals surface area (Å²) in [7, 11) is 1.94. The molecule has 1 fully saturated rings. The molecule has 0 bridgehead atoms. The number of rotatable bonds is 3. The number of fused-ring (bicyclic) bond motifs is 1. The van der Waals surface area contributed by atoms with E-state index in [1.54, 1.807) is 12.5 Å². The van der Waals surface area contributed by atoms with Gasteiger partial charge in [0, 0.05) is 19.3 Å². The van der Waals surface area contributed by atoms with Crippen molar-refractivity contribution in [2.45, 2.75) is 25.3 Å². The SMILES string of the molecule is Cn1cnc2c(NC3CCC(C(=O)O)C3)nccc21. The Bertz CT molecular complexity index is 622. The average Bonchev–Trinajstić information content (AvgIpc) is 2.98. The van der Waals surface area contributed by atoms with Crippen LogP contribution in [0.1, 0.15) is 19.3 Å². The number of aryl methyl sites for hydroxylation is 1. The van der Waals surface area contributed by atoms with E-state index in [0.717, 1.165) is 29.7 Å². The summed E-state index contributed by atoms with van der Waals surface area (Å²) < 4.78 is 1.94. The lowest BCUT2D eigenvalue weighted by Gasteiger charge is -2.13. The van der Waals surface area contributed by atoms with Crippen LogP contribution in [0, 0.1) is 5.92 Å². The first-order valence-electron chi connectivity index (χ1n) is 6.40. The predicted octanol–water partition coefficient (Wildman–Crippen LogP) is 1.63. The van der Waals surface area contributed by atoms with Gasteiger partial charge in [0.15, 0.2) is 5.82 Å². The van der Waals surface area contributed by atoms with Crippen molar-refractivity contribution in [3.05, 3.63) is 18.6 Å². The van der Waals surface area contributed by atoms with E-state index in [1.165, 1.54) is 0 Å². The second-order valence-electron chi connectivity index (χ2n) is 5.07. The van der Waals surface area contributed by atoms with E-state index in [2.05, 4.69) is 15.3 Å². The van der Waals surface area contributed by atoms with Crippen molar-refractivity contribution in [1.29, 1.82) is 0 Å². The molecule has 0 aliphatic heterocycles. The van der Waals surface area contributed by atoms with Gasteiger partial charge in [0.05, 0.1) is 17.8 Å². The summed E-state index contributed by atoms with van der Waals surface area (Å²) in [5.41, 5.74) is 1.86. The van der Waals surface area contributed by atoms with Gasteiger partial charge >= 0.3 is 5.97 Å². The molecule has 3 rings (SSSR count). The van der Waals surface area contributed by atoms with Crippen LogP contribution in [0.25, 0.3) is 11.0 Å². The van der Waals surface area contributed by atoms with Crippen molar-refractivity contribution >= 4 is 22.8 Å². The van der Waals surface area contributed by atoms with Crippen LogP contribution in [0.5, 0.6) is 0 Å². The molecule has 2 N–H and O–H groups in total. The molecule has 100 valence electrons. The van der Waals surface area contributed by atoms with Crippen molar-refractivity contribution in [3.8, 4) is 0 Å². The van der Waals surface area contributed by atoms with E-state index in [4.69, 9.17) is 5.11 Å². The first-order valence-corrected chi connectivity index (χ1v) is 6.40. The Kier molecular flexibility index (Phi) is 2.85. The molecule has 0 spiro atoms. The number of aromatic nitrogens is 3. The van der Waals surface area contributed by atoms with Gasteiger partial charge in [-0.05, 0) is 25.3 Å². The second kappa shape index (κ2) is 4.53. The zero-order chi connectivity index (χ0) is 13.4. The Morgan fingerprint density at radius 3 is 3.05 bits per heavy atom. The van der Waals surface area contributed by atoms with Gasteiger partial charge in [0.25, 0.3) is 0 Å². The summed E-state index contributed by atoms with van der Waals surface area (Å²) in [5, 5.41) is 12.3. The van der Waals surface area contributed by atoms with Crippen LogP contribution >= 0.6 is 0 Å². The smallest absolute Gasteiger partial charge is 0.306 e. The highest BCUT2D eigenvalue weighted by Crippen LogP contribution is 2.29. The van der Waals surface area contributed by atoms with E-state index >= 15 is 0 Å². The summed E-state index contributed by atoms with van der Waals surface area (Å²) in [6, 6.07) is 2.09. The third-order valence-corrected chi connectivity index (χ3v) is 3.77. The predicted molar refractivity (Wildman–Crippen MR) is 70.9 cm³/mol. The highest BCUT2D eigenvalue weighted by molar-refractivity contribution is 5.85. The maximum Gasteiger partial charge on any atom is 0.306 e. The molecule has 2 unspecified atom stereocenters. The normalized spacial score (nSPS) is 22.8. The van der Waals surface area contributed by atoms with Gasteiger partial charge in [0.2, 0.25) is 0 Å². The van der Waals surface area contributed by atoms with Crippen LogP contribution in [-0.2, 0) is 11.8 Å². The lowest BCUT2D eigenvalue weighted by Crippen LogP contribution is -2.18. The van der Waals surface area contributed by atoms with Crippen molar-refractivity contribution in [2.24, 2.45) is 13.0 Å². The minimum atomic E-state index is -0.701. The Hall–Kier alpha value is -2.11. The van der Waals surface area contributed by atoms with Gasteiger partial charge in [-0.2, -0.15) is 0 Å². The molecule has 1 aliphatic rings. The molecule has 0 amide bonds. The maximum absolute atomic E-state index is 11.0. The molecular formula is C13H16N4O2. The quantitative estimate of drug-likeness (QED) is 0.876. The number of hydrogen-bond acceptors (Lipinski definition) is 4. The van der Waals surface area contributed by atoms with Gasteiger partial charge in [-0.3, -0.25) is 4.79 Å². The number of carbonyl (C=O) groups is 1. The summed E-state index contributed by atoms with van der Waals surface area (Å²) in [5.74, 6) is -0.192. The van der Waals surface area contributed by atoms with Gasteiger partial charge in [-0.15, -0.1) is 0 Å². The summed E-state index contributed by atoms with van der Waals surface area (Å²) in [4.78, 5) is 19.6. The van der Waals surface area contributed by atoms with Crippen molar-refractivity contribution in [2.75, 3.05) is 5.32 Å². The van der Waals surface area contributed by atoms with Crippen LogP contribution in [0.3, 0.4) is 0 Å². The van der Waals surface area contributed by atoms with E-state index < -0.39 is 5.97 Å². The molecular weight excluding hydrogens is 244 g/mol. The summed E-state index contributed by atoms with van der Waals surface area (Å²) >= 11 is 0. The molecule has 6 nitrogen and oxygen atoms in total. The second-order valence-corrected chi connectivity index (χ2v) is 5.07. The Balaban J connectivity index is 1.81. The average molecular weight is 260 g/mol. The number of nitrogens with one attached hydrogen (secondary N) is 1. The van der Waals surface area contributed by atoms with Crippen LogP contribution in [0.2, 0.25) is 0 Å². The largest absolute Gasteiger partial charge is 0.481 e. The van der Waals surface area contributed by atoms with E-state index in [1.807, 2.05) is 17.7 Å². The van der Waals surface area contributed by atoms with Gasteiger partial charge in [0.1, 0.15) is 5.52 Å². The molecule has 2 heterocycles. The number of anilines is 1. The zero-order valence-corrected chi connectivity index (χ0v) is 10.7. The molecule has 2 aromatic rings. The number of carboxylic acid groups (broad SMARTS) is 1. The highest BCUT2D eigenvalue weighted by atomic mass is 16.4. The topological polar surface area (TPSA) is 80.0 Å². The number of nitrogens with zero attached hydrogens (tertiary/aromatic N) is 3. The monoisotopic (exact) mass is 260 g/mol. The molecule has 2 aromatic heterocycles. The van der Waals surface area contributed by atoms with Crippen LogP contribution in [0.15, 0.2) is 18.6 Å². The number of aliphatic carboxylic acids is 1. The molecule has 19 heavy (non-hydrogen) atoms. The molecule has 0 saturated heterocycles. The van der Waals surface area contributed by atoms with Gasteiger partial charge < -0.3 is 15.0 Å². The number of imidazole rings is 1. The third-order valence-electron chi connectivity index (χ3n) is 3.77. The van der Waals surface area contributed by atoms with E-state index in [0.29, 0.717) is 6.42 Å². The first-order chi connectivity index (χ1) is 9.15. The summed E-state index contributed by atoms with van der Waals surface area (Å²) in [6.07, 6.45) is 5.75. The Morgan fingerprint density at radius 1 is 1.47 bits per heavy atom. The lowest BCUT2D eigenvalue weighted by atomic mass is 10.1. The summed E-state index contributed by atoms with van der Waals surface area (Å²) in [6.45, 7) is 0. The first kappa shape index (κ1) is 12.0. The molecule has 2 atom stereocenters. The standard InChI is InChI=1S/C13H16N4O2/c1-17-7-15-11-10(17)4-5-14-12(11)16-9-3-2-8(6-9)13(18)19/h4-5,7-9H,2-3,6H2,1H3,(H,14,16)(H,18,19). The van der Waals surface area contributed by atoms with E-state index in [9.17, 15) is 4.79 Å². The van der Waals surface area contributed by atoms with Crippen molar-refractivity contribution < 1.29 is 9.90 Å². The maximum atomic E-state index is 11.0. The van der Waals surface area contributed by atoms with E-state index in [-0.39, 0.29) is 12.0 Å². The Labute approximate surface area is 110 Å². The van der Waals surface area contributed by atoms with Crippen molar-refractivity contribution in [1.82, 2.24) is 14.5 Å². The number of hydrogen-bond donors (Lipinski definition) is 2. The van der Waals surface area contributed by atoms with Crippen LogP contribution < -0.4 is 5.32 Å². The minimum Gasteiger partial charge on any atom is -0.481 e. The Morgan fingerprint density at radius 2 is 2.32 bits per heavy atom. The minimum absolute atomic E-state index is 0.168. The van der Waals surface area contributed by atoms with Gasteiger partial charge in [-0.25, -0.2) is 9.97 Å². The fourth-order valence-electron chi connectivity index (χ4n) is 2.70. The molecule has 1 saturated carbocycles. The highest BCUT2D eigenvalue weighted by Gasteiger charge is 2.30. The zero-order valence-electron chi connectivity index (χ0n) is 10.7. The van der Waals surface area contributed by atoms with Crippen LogP contribution in [-0.4, -0.2) is 31.7 Å². The van der Waals surface area contributed by atoms with Gasteiger partial charge in [-0.1, -0.05) is 0 Å². The number of pyridine rings is 1. The third kappa shape index (κ3) is 2.14. The molecule has 0 aromatic carbocycles. The van der Waals surface area contributed by atoms with Crippen molar-refractivity contribution in [3.63, 3.8) is 0 Å². The fourth-order valence-corrected chi connectivity index (χ4v) is 2.70. The molecule has 1 aliphatic carbocycles. The fraction of sp³-hybridized carbons (Fsp3) is 0.462. The molecule has 0 radical (unpaired) electrons. The lowest BCUT2D eigenvalue weighted by molar-refractivity contribution is -0.141. The number of carboxylic acids is 1. The molecule has 6 heteroatoms.